The number of halogens is 2. The van der Waals surface area contributed by atoms with E-state index in [1.165, 1.54) is 30.2 Å². The predicted octanol–water partition coefficient (Wildman–Crippen LogP) is 3.74. The Morgan fingerprint density at radius 3 is 2.92 bits per heavy atom. The standard InChI is InChI=1S/C16H14ClFN4O3/c1-25-16(24)12-5-2-9-6-8(7-13(23)22(9)12)14-11(20-21-19)4-3-10(17)15(14)18/h3-4,7,9,12H,2,5-6H2,1H3/t9?,12-/m0/s1. The molecule has 7 nitrogen and oxygen atoms in total. The van der Waals surface area contributed by atoms with Gasteiger partial charge in [0.25, 0.3) is 0 Å². The van der Waals surface area contributed by atoms with Crippen molar-refractivity contribution in [2.75, 3.05) is 7.11 Å². The molecular formula is C16H14ClFN4O3. The number of fused-ring (bicyclic) bond motifs is 1. The first-order valence-corrected chi connectivity index (χ1v) is 8.00. The van der Waals surface area contributed by atoms with E-state index in [1.54, 1.807) is 0 Å². The molecule has 1 aromatic carbocycles. The first kappa shape index (κ1) is 17.3. The van der Waals surface area contributed by atoms with Crippen molar-refractivity contribution < 1.29 is 18.7 Å². The maximum Gasteiger partial charge on any atom is 0.328 e. The number of rotatable bonds is 3. The fraction of sp³-hybridized carbons (Fsp3) is 0.375. The number of carbonyl (C=O) groups excluding carboxylic acids is 2. The molecule has 1 amide bonds. The first-order chi connectivity index (χ1) is 12.0. The Morgan fingerprint density at radius 2 is 2.24 bits per heavy atom. The van der Waals surface area contributed by atoms with Crippen molar-refractivity contribution in [2.45, 2.75) is 31.3 Å². The summed E-state index contributed by atoms with van der Waals surface area (Å²) in [5.41, 5.74) is 9.18. The van der Waals surface area contributed by atoms with E-state index in [9.17, 15) is 14.0 Å². The SMILES string of the molecule is COC(=O)[C@@H]1CCC2CC(c3c(N=[N+]=[N-])ccc(Cl)c3F)=CC(=O)N21. The van der Waals surface area contributed by atoms with E-state index in [0.717, 1.165) is 0 Å². The topological polar surface area (TPSA) is 95.4 Å². The number of methoxy groups -OCH3 is 1. The van der Waals surface area contributed by atoms with Crippen LogP contribution in [-0.4, -0.2) is 36.0 Å². The van der Waals surface area contributed by atoms with Gasteiger partial charge in [-0.2, -0.15) is 0 Å². The molecule has 0 N–H and O–H groups in total. The zero-order chi connectivity index (χ0) is 18.1. The Kier molecular flexibility index (Phi) is 4.65. The lowest BCUT2D eigenvalue weighted by Gasteiger charge is -2.32. The monoisotopic (exact) mass is 364 g/mol. The first-order valence-electron chi connectivity index (χ1n) is 7.62. The van der Waals surface area contributed by atoms with Gasteiger partial charge in [0.05, 0.1) is 12.1 Å². The van der Waals surface area contributed by atoms with Crippen LogP contribution in [-0.2, 0) is 14.3 Å². The van der Waals surface area contributed by atoms with Gasteiger partial charge < -0.3 is 9.64 Å². The van der Waals surface area contributed by atoms with Crippen LogP contribution in [0.1, 0.15) is 24.8 Å². The summed E-state index contributed by atoms with van der Waals surface area (Å²) < 4.78 is 19.3. The number of hydrogen-bond donors (Lipinski definition) is 0. The maximum atomic E-state index is 14.5. The smallest absolute Gasteiger partial charge is 0.328 e. The molecule has 0 bridgehead atoms. The number of amides is 1. The second-order valence-electron chi connectivity index (χ2n) is 5.83. The van der Waals surface area contributed by atoms with Gasteiger partial charge in [-0.3, -0.25) is 4.79 Å². The molecule has 0 radical (unpaired) electrons. The van der Waals surface area contributed by atoms with Crippen LogP contribution >= 0.6 is 11.6 Å². The lowest BCUT2D eigenvalue weighted by molar-refractivity contribution is -0.150. The summed E-state index contributed by atoms with van der Waals surface area (Å²) >= 11 is 5.84. The highest BCUT2D eigenvalue weighted by Gasteiger charge is 2.43. The van der Waals surface area contributed by atoms with E-state index < -0.39 is 23.7 Å². The lowest BCUT2D eigenvalue weighted by atomic mass is 9.92. The molecule has 3 rings (SSSR count). The van der Waals surface area contributed by atoms with Crippen molar-refractivity contribution in [3.8, 4) is 0 Å². The highest BCUT2D eigenvalue weighted by atomic mass is 35.5. The lowest BCUT2D eigenvalue weighted by Crippen LogP contribution is -2.46. The Bertz CT molecular complexity index is 835. The average molecular weight is 365 g/mol. The van der Waals surface area contributed by atoms with Crippen molar-refractivity contribution in [3.05, 3.63) is 45.1 Å². The van der Waals surface area contributed by atoms with E-state index in [4.69, 9.17) is 21.9 Å². The van der Waals surface area contributed by atoms with Crippen LogP contribution in [0.2, 0.25) is 5.02 Å². The van der Waals surface area contributed by atoms with Crippen molar-refractivity contribution in [1.82, 2.24) is 4.90 Å². The van der Waals surface area contributed by atoms with E-state index in [0.29, 0.717) is 24.8 Å². The van der Waals surface area contributed by atoms with Crippen LogP contribution in [0.4, 0.5) is 10.1 Å². The second-order valence-corrected chi connectivity index (χ2v) is 6.24. The average Bonchev–Trinajstić information content (AvgIpc) is 3.02. The molecule has 1 aromatic rings. The van der Waals surface area contributed by atoms with Crippen LogP contribution in [0.3, 0.4) is 0 Å². The number of esters is 1. The Labute approximate surface area is 147 Å². The minimum absolute atomic E-state index is 0.0276. The molecule has 2 aliphatic heterocycles. The van der Waals surface area contributed by atoms with Crippen molar-refractivity contribution in [1.29, 1.82) is 0 Å². The molecule has 1 saturated heterocycles. The fourth-order valence-corrected chi connectivity index (χ4v) is 3.63. The Morgan fingerprint density at radius 1 is 1.48 bits per heavy atom. The Balaban J connectivity index is 2.03. The van der Waals surface area contributed by atoms with Gasteiger partial charge in [-0.1, -0.05) is 22.8 Å². The number of ether oxygens (including phenoxy) is 1. The van der Waals surface area contributed by atoms with Gasteiger partial charge in [-0.25, -0.2) is 9.18 Å². The maximum absolute atomic E-state index is 14.5. The van der Waals surface area contributed by atoms with Gasteiger partial charge in [0, 0.05) is 28.3 Å². The largest absolute Gasteiger partial charge is 0.467 e. The number of carbonyl (C=O) groups is 2. The van der Waals surface area contributed by atoms with Gasteiger partial charge in [0.2, 0.25) is 5.91 Å². The zero-order valence-corrected chi connectivity index (χ0v) is 14.0. The molecule has 1 fully saturated rings. The highest BCUT2D eigenvalue weighted by Crippen LogP contribution is 2.41. The van der Waals surface area contributed by atoms with Crippen LogP contribution in [0, 0.1) is 5.82 Å². The molecule has 0 saturated carbocycles. The number of nitrogens with zero attached hydrogens (tertiary/aromatic N) is 4. The molecule has 130 valence electrons. The van der Waals surface area contributed by atoms with Gasteiger partial charge in [-0.05, 0) is 36.4 Å². The predicted molar refractivity (Wildman–Crippen MR) is 88.5 cm³/mol. The highest BCUT2D eigenvalue weighted by molar-refractivity contribution is 6.31. The van der Waals surface area contributed by atoms with Crippen molar-refractivity contribution in [2.24, 2.45) is 5.11 Å². The van der Waals surface area contributed by atoms with E-state index in [1.807, 2.05) is 0 Å². The molecule has 0 aromatic heterocycles. The molecule has 0 aliphatic carbocycles. The second kappa shape index (κ2) is 6.74. The summed E-state index contributed by atoms with van der Waals surface area (Å²) in [5, 5.41) is 3.37. The quantitative estimate of drug-likeness (QED) is 0.353. The van der Waals surface area contributed by atoms with Gasteiger partial charge in [-0.15, -0.1) is 0 Å². The molecule has 2 aliphatic rings. The molecule has 9 heteroatoms. The molecule has 2 heterocycles. The van der Waals surface area contributed by atoms with Crippen molar-refractivity contribution in [3.63, 3.8) is 0 Å². The third-order valence-corrected chi connectivity index (χ3v) is 4.82. The summed E-state index contributed by atoms with van der Waals surface area (Å²) in [6, 6.07) is 1.84. The molecule has 1 unspecified atom stereocenters. The number of hydrogen-bond acceptors (Lipinski definition) is 4. The summed E-state index contributed by atoms with van der Waals surface area (Å²) in [6.07, 6.45) is 2.70. The Hall–Kier alpha value is -2.57. The van der Waals surface area contributed by atoms with E-state index in [2.05, 4.69) is 10.0 Å². The van der Waals surface area contributed by atoms with Crippen LogP contribution in [0.25, 0.3) is 16.0 Å². The number of azide groups is 1. The van der Waals surface area contributed by atoms with Gasteiger partial charge in [0.1, 0.15) is 11.9 Å². The molecule has 25 heavy (non-hydrogen) atoms. The van der Waals surface area contributed by atoms with Crippen LogP contribution in [0.5, 0.6) is 0 Å². The molecule has 2 atom stereocenters. The van der Waals surface area contributed by atoms with Crippen LogP contribution in [0.15, 0.2) is 23.3 Å². The van der Waals surface area contributed by atoms with Gasteiger partial charge in [0.15, 0.2) is 0 Å². The third-order valence-electron chi connectivity index (χ3n) is 4.53. The summed E-state index contributed by atoms with van der Waals surface area (Å²) in [7, 11) is 1.28. The minimum Gasteiger partial charge on any atom is -0.467 e. The van der Waals surface area contributed by atoms with E-state index >= 15 is 0 Å². The third kappa shape index (κ3) is 2.94. The van der Waals surface area contributed by atoms with Crippen LogP contribution < -0.4 is 0 Å². The molecular weight excluding hydrogens is 351 g/mol. The van der Waals surface area contributed by atoms with E-state index in [-0.39, 0.29) is 22.3 Å². The minimum atomic E-state index is -0.735. The van der Waals surface area contributed by atoms with Crippen molar-refractivity contribution >= 4 is 34.7 Å². The number of benzene rings is 1. The normalized spacial score (nSPS) is 22.1. The fourth-order valence-electron chi connectivity index (χ4n) is 3.47. The summed E-state index contributed by atoms with van der Waals surface area (Å²) in [5.74, 6) is -1.59. The zero-order valence-electron chi connectivity index (χ0n) is 13.3. The van der Waals surface area contributed by atoms with Gasteiger partial charge >= 0.3 is 5.97 Å². The summed E-state index contributed by atoms with van der Waals surface area (Å²) in [4.78, 5) is 28.5. The summed E-state index contributed by atoms with van der Waals surface area (Å²) in [6.45, 7) is 0. The molecule has 0 spiro atoms.